The molecule has 6 rings (SSSR count). The molecule has 41 heavy (non-hydrogen) atoms. The number of pyridine rings is 1. The van der Waals surface area contributed by atoms with Crippen LogP contribution in [0.4, 0.5) is 11.4 Å². The van der Waals surface area contributed by atoms with E-state index in [1.807, 2.05) is 61.5 Å². The number of rotatable bonds is 8. The van der Waals surface area contributed by atoms with Crippen LogP contribution in [0.3, 0.4) is 0 Å². The molecule has 0 unspecified atom stereocenters. The van der Waals surface area contributed by atoms with Gasteiger partial charge in [-0.25, -0.2) is 14.5 Å². The van der Waals surface area contributed by atoms with Crippen LogP contribution in [0.2, 0.25) is 0 Å². The van der Waals surface area contributed by atoms with Gasteiger partial charge < -0.3 is 24.2 Å². The Labute approximate surface area is 236 Å². The molecular formula is C31H30N6O4. The smallest absolute Gasteiger partial charge is 0.341 e. The van der Waals surface area contributed by atoms with Crippen LogP contribution in [0, 0.1) is 0 Å². The number of anilines is 2. The van der Waals surface area contributed by atoms with Crippen LogP contribution in [0.1, 0.15) is 22.8 Å². The first kappa shape index (κ1) is 26.1. The average molecular weight is 551 g/mol. The van der Waals surface area contributed by atoms with E-state index in [2.05, 4.69) is 25.9 Å². The van der Waals surface area contributed by atoms with Crippen molar-refractivity contribution < 1.29 is 14.6 Å². The number of nitrogens with zero attached hydrogens (tertiary/aromatic N) is 6. The van der Waals surface area contributed by atoms with Gasteiger partial charge in [-0.1, -0.05) is 24.3 Å². The van der Waals surface area contributed by atoms with Gasteiger partial charge in [0, 0.05) is 49.1 Å². The zero-order chi connectivity index (χ0) is 28.3. The second kappa shape index (κ2) is 11.2. The maximum Gasteiger partial charge on any atom is 0.341 e. The zero-order valence-electron chi connectivity index (χ0n) is 22.7. The van der Waals surface area contributed by atoms with Crippen LogP contribution in [0.25, 0.3) is 16.6 Å². The molecule has 2 aromatic heterocycles. The van der Waals surface area contributed by atoms with Crippen molar-refractivity contribution in [3.05, 3.63) is 107 Å². The molecule has 0 radical (unpaired) electrons. The van der Waals surface area contributed by atoms with E-state index >= 15 is 0 Å². The first-order valence-corrected chi connectivity index (χ1v) is 13.6. The molecule has 0 bridgehead atoms. The summed E-state index contributed by atoms with van der Waals surface area (Å²) >= 11 is 0. The van der Waals surface area contributed by atoms with Crippen molar-refractivity contribution in [3.63, 3.8) is 0 Å². The van der Waals surface area contributed by atoms with Crippen LogP contribution in [0.15, 0.2) is 90.4 Å². The highest BCUT2D eigenvalue weighted by Gasteiger charge is 2.22. The molecule has 0 aliphatic carbocycles. The van der Waals surface area contributed by atoms with E-state index in [9.17, 15) is 14.7 Å². The number of hydrogen-bond donors (Lipinski definition) is 1. The van der Waals surface area contributed by atoms with Gasteiger partial charge in [0.15, 0.2) is 0 Å². The van der Waals surface area contributed by atoms with Crippen LogP contribution >= 0.6 is 0 Å². The molecule has 1 aliphatic rings. The number of hydrogen-bond acceptors (Lipinski definition) is 7. The molecule has 0 amide bonds. The fourth-order valence-electron chi connectivity index (χ4n) is 5.34. The topological polar surface area (TPSA) is 106 Å². The van der Waals surface area contributed by atoms with Gasteiger partial charge in [-0.2, -0.15) is 5.10 Å². The molecule has 0 atom stereocenters. The molecule has 0 spiro atoms. The van der Waals surface area contributed by atoms with Crippen molar-refractivity contribution in [1.82, 2.24) is 19.3 Å². The molecular weight excluding hydrogens is 520 g/mol. The summed E-state index contributed by atoms with van der Waals surface area (Å²) in [6.07, 6.45) is 4.57. The van der Waals surface area contributed by atoms with E-state index < -0.39 is 11.4 Å². The Kier molecular flexibility index (Phi) is 7.11. The third kappa shape index (κ3) is 5.23. The third-order valence-electron chi connectivity index (χ3n) is 7.39. The number of aromatic carboxylic acids is 1. The molecule has 10 heteroatoms. The minimum Gasteiger partial charge on any atom is -0.492 e. The highest BCUT2D eigenvalue weighted by atomic mass is 16.5. The standard InChI is InChI=1S/C31H30N6O4/c1-2-41-29-6-4-3-5-27(29)35-15-13-34(14-16-35)24-11-12-25-28(17-24)37(19-26(30(25)38)31(39)40)23-9-7-22(8-10-23)18-36-21-32-20-33-36/h3-12,17,19-21H,2,13-16,18H2,1H3,(H,39,40). The Morgan fingerprint density at radius 1 is 0.951 bits per heavy atom. The SMILES string of the molecule is CCOc1ccccc1N1CCN(c2ccc3c(=O)c(C(=O)O)cn(-c4ccc(Cn5cncn5)cc4)c3c2)CC1. The van der Waals surface area contributed by atoms with Crippen LogP contribution in [0.5, 0.6) is 5.75 Å². The van der Waals surface area contributed by atoms with Crippen molar-refractivity contribution in [2.24, 2.45) is 0 Å². The van der Waals surface area contributed by atoms with Crippen molar-refractivity contribution in [2.45, 2.75) is 13.5 Å². The first-order chi connectivity index (χ1) is 20.0. The molecule has 3 aromatic carbocycles. The lowest BCUT2D eigenvalue weighted by atomic mass is 10.1. The number of benzene rings is 3. The van der Waals surface area contributed by atoms with Gasteiger partial charge in [0.25, 0.3) is 0 Å². The van der Waals surface area contributed by atoms with Gasteiger partial charge in [0.05, 0.1) is 24.4 Å². The minimum absolute atomic E-state index is 0.265. The Balaban J connectivity index is 1.31. The number of fused-ring (bicyclic) bond motifs is 1. The first-order valence-electron chi connectivity index (χ1n) is 13.6. The highest BCUT2D eigenvalue weighted by Crippen LogP contribution is 2.30. The lowest BCUT2D eigenvalue weighted by Crippen LogP contribution is -2.46. The number of aromatic nitrogens is 4. The Morgan fingerprint density at radius 2 is 1.68 bits per heavy atom. The van der Waals surface area contributed by atoms with E-state index in [-0.39, 0.29) is 5.56 Å². The summed E-state index contributed by atoms with van der Waals surface area (Å²) in [7, 11) is 0. The van der Waals surface area contributed by atoms with Crippen molar-refractivity contribution in [3.8, 4) is 11.4 Å². The lowest BCUT2D eigenvalue weighted by molar-refractivity contribution is 0.0695. The fraction of sp³-hybridized carbons (Fsp3) is 0.226. The van der Waals surface area contributed by atoms with Crippen LogP contribution < -0.4 is 20.0 Å². The van der Waals surface area contributed by atoms with Gasteiger partial charge in [0.2, 0.25) is 5.43 Å². The third-order valence-corrected chi connectivity index (χ3v) is 7.39. The van der Waals surface area contributed by atoms with E-state index in [0.717, 1.165) is 54.6 Å². The molecule has 208 valence electrons. The maximum atomic E-state index is 13.1. The summed E-state index contributed by atoms with van der Waals surface area (Å²) in [6.45, 7) is 6.39. The predicted molar refractivity (Wildman–Crippen MR) is 158 cm³/mol. The molecule has 1 saturated heterocycles. The van der Waals surface area contributed by atoms with Gasteiger partial charge >= 0.3 is 5.97 Å². The second-order valence-corrected chi connectivity index (χ2v) is 9.88. The van der Waals surface area contributed by atoms with Gasteiger partial charge in [-0.3, -0.25) is 4.79 Å². The molecule has 1 N–H and O–H groups in total. The Bertz CT molecular complexity index is 1740. The van der Waals surface area contributed by atoms with E-state index in [1.54, 1.807) is 21.6 Å². The van der Waals surface area contributed by atoms with Gasteiger partial charge in [0.1, 0.15) is 24.0 Å². The Morgan fingerprint density at radius 3 is 2.39 bits per heavy atom. The van der Waals surface area contributed by atoms with E-state index in [0.29, 0.717) is 24.1 Å². The zero-order valence-corrected chi connectivity index (χ0v) is 22.7. The van der Waals surface area contributed by atoms with E-state index in [1.165, 1.54) is 12.5 Å². The normalized spacial score (nSPS) is 13.5. The predicted octanol–water partition coefficient (Wildman–Crippen LogP) is 4.05. The largest absolute Gasteiger partial charge is 0.492 e. The fourth-order valence-corrected chi connectivity index (χ4v) is 5.34. The summed E-state index contributed by atoms with van der Waals surface area (Å²) in [5, 5.41) is 14.3. The molecule has 1 fully saturated rings. The van der Waals surface area contributed by atoms with Crippen molar-refractivity contribution in [1.29, 1.82) is 0 Å². The second-order valence-electron chi connectivity index (χ2n) is 9.88. The van der Waals surface area contributed by atoms with Crippen molar-refractivity contribution >= 4 is 28.2 Å². The lowest BCUT2D eigenvalue weighted by Gasteiger charge is -2.38. The molecule has 3 heterocycles. The summed E-state index contributed by atoms with van der Waals surface area (Å²) in [5.74, 6) is -0.360. The molecule has 10 nitrogen and oxygen atoms in total. The summed E-state index contributed by atoms with van der Waals surface area (Å²) in [4.78, 5) is 33.7. The quantitative estimate of drug-likeness (QED) is 0.309. The molecule has 0 saturated carbocycles. The summed E-state index contributed by atoms with van der Waals surface area (Å²) in [5.41, 5.74) is 3.76. The van der Waals surface area contributed by atoms with Gasteiger partial charge in [-0.15, -0.1) is 0 Å². The number of para-hydroxylation sites is 2. The molecule has 5 aromatic rings. The van der Waals surface area contributed by atoms with Crippen molar-refractivity contribution in [2.75, 3.05) is 42.6 Å². The monoisotopic (exact) mass is 550 g/mol. The van der Waals surface area contributed by atoms with Crippen LogP contribution in [-0.4, -0.2) is 63.2 Å². The number of piperazine rings is 1. The minimum atomic E-state index is -1.25. The summed E-state index contributed by atoms with van der Waals surface area (Å²) < 4.78 is 9.36. The average Bonchev–Trinajstić information content (AvgIpc) is 3.51. The summed E-state index contributed by atoms with van der Waals surface area (Å²) in [6, 6.07) is 21.5. The highest BCUT2D eigenvalue weighted by molar-refractivity contribution is 5.94. The Hall–Kier alpha value is -5.12. The number of ether oxygens (including phenoxy) is 1. The van der Waals surface area contributed by atoms with E-state index in [4.69, 9.17) is 4.74 Å². The van der Waals surface area contributed by atoms with Crippen LogP contribution in [-0.2, 0) is 6.54 Å². The maximum absolute atomic E-state index is 13.1. The number of carboxylic acids is 1. The number of carboxylic acid groups (broad SMARTS) is 1. The number of carbonyl (C=O) groups is 1. The van der Waals surface area contributed by atoms with Gasteiger partial charge in [-0.05, 0) is 55.0 Å². The molecule has 1 aliphatic heterocycles.